The molecule has 0 radical (unpaired) electrons. The Kier molecular flexibility index (Phi) is 4.30. The van der Waals surface area contributed by atoms with Gasteiger partial charge in [-0.2, -0.15) is 0 Å². The molecule has 2 rings (SSSR count). The SMILES string of the molecule is COc1cccc(Oc2ccccc2Cl)c1[C@H](C)O. The summed E-state index contributed by atoms with van der Waals surface area (Å²) in [6, 6.07) is 12.5. The molecule has 0 aliphatic carbocycles. The molecule has 0 heterocycles. The quantitative estimate of drug-likeness (QED) is 0.911. The summed E-state index contributed by atoms with van der Waals surface area (Å²) in [4.78, 5) is 0. The van der Waals surface area contributed by atoms with E-state index < -0.39 is 6.10 Å². The van der Waals surface area contributed by atoms with Crippen LogP contribution in [0.1, 0.15) is 18.6 Å². The molecule has 1 N–H and O–H groups in total. The fourth-order valence-electron chi connectivity index (χ4n) is 1.85. The molecule has 1 atom stereocenters. The van der Waals surface area contributed by atoms with E-state index in [0.717, 1.165) is 0 Å². The zero-order valence-corrected chi connectivity index (χ0v) is 11.5. The van der Waals surface area contributed by atoms with Gasteiger partial charge in [0, 0.05) is 0 Å². The van der Waals surface area contributed by atoms with Crippen molar-refractivity contribution in [2.24, 2.45) is 0 Å². The van der Waals surface area contributed by atoms with Crippen molar-refractivity contribution in [2.45, 2.75) is 13.0 Å². The first kappa shape index (κ1) is 13.7. The average molecular weight is 279 g/mol. The zero-order chi connectivity index (χ0) is 13.8. The molecule has 19 heavy (non-hydrogen) atoms. The van der Waals surface area contributed by atoms with Crippen LogP contribution in [0.2, 0.25) is 5.02 Å². The van der Waals surface area contributed by atoms with Gasteiger partial charge >= 0.3 is 0 Å². The van der Waals surface area contributed by atoms with Crippen LogP contribution in [0, 0.1) is 0 Å². The Morgan fingerprint density at radius 2 is 1.63 bits per heavy atom. The van der Waals surface area contributed by atoms with E-state index in [-0.39, 0.29) is 0 Å². The van der Waals surface area contributed by atoms with Gasteiger partial charge < -0.3 is 14.6 Å². The molecule has 0 saturated heterocycles. The Morgan fingerprint density at radius 1 is 1.00 bits per heavy atom. The van der Waals surface area contributed by atoms with E-state index in [1.54, 1.807) is 44.4 Å². The molecule has 0 unspecified atom stereocenters. The van der Waals surface area contributed by atoms with Gasteiger partial charge in [-0.3, -0.25) is 0 Å². The lowest BCUT2D eigenvalue weighted by Gasteiger charge is -2.16. The van der Waals surface area contributed by atoms with Gasteiger partial charge in [0.15, 0.2) is 0 Å². The van der Waals surface area contributed by atoms with Crippen molar-refractivity contribution >= 4 is 11.6 Å². The first-order valence-corrected chi connectivity index (χ1v) is 6.28. The van der Waals surface area contributed by atoms with Crippen LogP contribution in [-0.2, 0) is 0 Å². The number of para-hydroxylation sites is 1. The number of ether oxygens (including phenoxy) is 2. The van der Waals surface area contributed by atoms with Crippen LogP contribution in [0.4, 0.5) is 0 Å². The van der Waals surface area contributed by atoms with E-state index in [0.29, 0.717) is 27.8 Å². The molecule has 100 valence electrons. The molecule has 0 aliphatic heterocycles. The van der Waals surface area contributed by atoms with Crippen molar-refractivity contribution in [2.75, 3.05) is 7.11 Å². The highest BCUT2D eigenvalue weighted by Crippen LogP contribution is 2.38. The highest BCUT2D eigenvalue weighted by Gasteiger charge is 2.16. The van der Waals surface area contributed by atoms with E-state index in [2.05, 4.69) is 0 Å². The lowest BCUT2D eigenvalue weighted by molar-refractivity contribution is 0.190. The van der Waals surface area contributed by atoms with Crippen LogP contribution >= 0.6 is 11.6 Å². The van der Waals surface area contributed by atoms with Crippen molar-refractivity contribution < 1.29 is 14.6 Å². The van der Waals surface area contributed by atoms with Crippen LogP contribution in [0.3, 0.4) is 0 Å². The number of aliphatic hydroxyl groups excluding tert-OH is 1. The van der Waals surface area contributed by atoms with E-state index in [9.17, 15) is 5.11 Å². The Bertz CT molecular complexity index is 567. The third kappa shape index (κ3) is 3.00. The number of rotatable bonds is 4. The molecule has 0 bridgehead atoms. The highest BCUT2D eigenvalue weighted by molar-refractivity contribution is 6.32. The maximum absolute atomic E-state index is 9.87. The molecule has 4 heteroatoms. The minimum atomic E-state index is -0.700. The Hall–Kier alpha value is -1.71. The van der Waals surface area contributed by atoms with Gasteiger partial charge in [0.25, 0.3) is 0 Å². The van der Waals surface area contributed by atoms with Gasteiger partial charge in [-0.15, -0.1) is 0 Å². The summed E-state index contributed by atoms with van der Waals surface area (Å²) in [6.07, 6.45) is -0.700. The maximum atomic E-state index is 9.87. The molecule has 0 aliphatic rings. The summed E-state index contributed by atoms with van der Waals surface area (Å²) >= 11 is 6.06. The molecule has 0 aromatic heterocycles. The molecule has 3 nitrogen and oxygen atoms in total. The van der Waals surface area contributed by atoms with E-state index in [1.807, 2.05) is 12.1 Å². The summed E-state index contributed by atoms with van der Waals surface area (Å²) in [5.74, 6) is 1.65. The smallest absolute Gasteiger partial charge is 0.146 e. The summed E-state index contributed by atoms with van der Waals surface area (Å²) in [5.41, 5.74) is 0.602. The van der Waals surface area contributed by atoms with Crippen molar-refractivity contribution in [3.8, 4) is 17.2 Å². The first-order chi connectivity index (χ1) is 9.13. The van der Waals surface area contributed by atoms with Gasteiger partial charge in [0.1, 0.15) is 17.2 Å². The third-order valence-electron chi connectivity index (χ3n) is 2.72. The number of halogens is 1. The molecular weight excluding hydrogens is 264 g/mol. The topological polar surface area (TPSA) is 38.7 Å². The second-order valence-corrected chi connectivity index (χ2v) is 4.49. The summed E-state index contributed by atoms with van der Waals surface area (Å²) in [6.45, 7) is 1.66. The standard InChI is InChI=1S/C15H15ClO3/c1-10(17)15-13(18-2)8-5-9-14(15)19-12-7-4-3-6-11(12)16/h3-10,17H,1-2H3/t10-/m0/s1. The van der Waals surface area contributed by atoms with E-state index in [1.165, 1.54) is 0 Å². The first-order valence-electron chi connectivity index (χ1n) is 5.91. The third-order valence-corrected chi connectivity index (χ3v) is 3.03. The van der Waals surface area contributed by atoms with Gasteiger partial charge in [-0.25, -0.2) is 0 Å². The monoisotopic (exact) mass is 278 g/mol. The predicted octanol–water partition coefficient (Wildman–Crippen LogP) is 4.19. The van der Waals surface area contributed by atoms with Crippen molar-refractivity contribution in [1.29, 1.82) is 0 Å². The second-order valence-electron chi connectivity index (χ2n) is 4.08. The lowest BCUT2D eigenvalue weighted by atomic mass is 10.1. The average Bonchev–Trinajstić information content (AvgIpc) is 2.40. The summed E-state index contributed by atoms with van der Waals surface area (Å²) < 4.78 is 11.0. The van der Waals surface area contributed by atoms with Gasteiger partial charge in [-0.05, 0) is 31.2 Å². The minimum Gasteiger partial charge on any atom is -0.496 e. The number of hydrogen-bond acceptors (Lipinski definition) is 3. The van der Waals surface area contributed by atoms with Crippen LogP contribution in [0.25, 0.3) is 0 Å². The minimum absolute atomic E-state index is 0.516. The fourth-order valence-corrected chi connectivity index (χ4v) is 2.02. The Balaban J connectivity index is 2.43. The molecule has 0 saturated carbocycles. The predicted molar refractivity (Wildman–Crippen MR) is 75.2 cm³/mol. The van der Waals surface area contributed by atoms with Gasteiger partial charge in [0.2, 0.25) is 0 Å². The molecule has 0 amide bonds. The summed E-state index contributed by atoms with van der Waals surface area (Å²) in [7, 11) is 1.56. The van der Waals surface area contributed by atoms with Crippen LogP contribution in [-0.4, -0.2) is 12.2 Å². The number of hydrogen-bond donors (Lipinski definition) is 1. The second kappa shape index (κ2) is 5.95. The molecule has 0 fully saturated rings. The van der Waals surface area contributed by atoms with Crippen molar-refractivity contribution in [1.82, 2.24) is 0 Å². The van der Waals surface area contributed by atoms with Crippen LogP contribution in [0.5, 0.6) is 17.2 Å². The Labute approximate surface area is 117 Å². The zero-order valence-electron chi connectivity index (χ0n) is 10.8. The van der Waals surface area contributed by atoms with Crippen molar-refractivity contribution in [3.63, 3.8) is 0 Å². The highest BCUT2D eigenvalue weighted by atomic mass is 35.5. The lowest BCUT2D eigenvalue weighted by Crippen LogP contribution is -2.00. The van der Waals surface area contributed by atoms with Crippen LogP contribution in [0.15, 0.2) is 42.5 Å². The molecule has 2 aromatic carbocycles. The largest absolute Gasteiger partial charge is 0.496 e. The van der Waals surface area contributed by atoms with Gasteiger partial charge in [-0.1, -0.05) is 29.8 Å². The number of benzene rings is 2. The van der Waals surface area contributed by atoms with Crippen LogP contribution < -0.4 is 9.47 Å². The van der Waals surface area contributed by atoms with E-state index >= 15 is 0 Å². The maximum Gasteiger partial charge on any atom is 0.146 e. The normalized spacial score (nSPS) is 12.0. The Morgan fingerprint density at radius 3 is 2.26 bits per heavy atom. The summed E-state index contributed by atoms with van der Waals surface area (Å²) in [5, 5.41) is 10.4. The van der Waals surface area contributed by atoms with Crippen molar-refractivity contribution in [3.05, 3.63) is 53.1 Å². The molecular formula is C15H15ClO3. The fraction of sp³-hybridized carbons (Fsp3) is 0.200. The molecule has 0 spiro atoms. The number of aliphatic hydroxyl groups is 1. The number of methoxy groups -OCH3 is 1. The van der Waals surface area contributed by atoms with Gasteiger partial charge in [0.05, 0.1) is 23.8 Å². The van der Waals surface area contributed by atoms with E-state index in [4.69, 9.17) is 21.1 Å². The molecule has 2 aromatic rings.